The van der Waals surface area contributed by atoms with Crippen molar-refractivity contribution >= 4 is 15.9 Å². The Kier molecular flexibility index (Phi) is 4.45. The normalized spacial score (nSPS) is 12.3. The van der Waals surface area contributed by atoms with Crippen LogP contribution in [0.3, 0.4) is 0 Å². The zero-order valence-corrected chi connectivity index (χ0v) is 13.2. The molecule has 0 bridgehead atoms. The highest BCUT2D eigenvalue weighted by Crippen LogP contribution is 2.35. The Balaban J connectivity index is 2.44. The fourth-order valence-electron chi connectivity index (χ4n) is 1.89. The van der Waals surface area contributed by atoms with Gasteiger partial charge in [-0.15, -0.1) is 0 Å². The van der Waals surface area contributed by atoms with E-state index in [4.69, 9.17) is 4.74 Å². The van der Waals surface area contributed by atoms with Crippen molar-refractivity contribution in [2.75, 3.05) is 0 Å². The van der Waals surface area contributed by atoms with Crippen LogP contribution in [-0.4, -0.2) is 5.11 Å². The minimum Gasteiger partial charge on any atom is -0.456 e. The minimum atomic E-state index is -0.802. The summed E-state index contributed by atoms with van der Waals surface area (Å²) in [5.74, 6) is 0.739. The van der Waals surface area contributed by atoms with Crippen molar-refractivity contribution in [3.63, 3.8) is 0 Å². The lowest BCUT2D eigenvalue weighted by Gasteiger charge is -2.15. The monoisotopic (exact) mass is 338 g/mol. The Bertz CT molecular complexity index is 639. The quantitative estimate of drug-likeness (QED) is 0.848. The van der Waals surface area contributed by atoms with Crippen LogP contribution in [0.4, 0.5) is 4.39 Å². The first-order chi connectivity index (χ1) is 9.38. The fourth-order valence-corrected chi connectivity index (χ4v) is 2.47. The largest absolute Gasteiger partial charge is 0.456 e. The Hall–Kier alpha value is -1.39. The smallest absolute Gasteiger partial charge is 0.141 e. The number of aryl methyl sites for hydroxylation is 2. The number of hydrogen-bond acceptors (Lipinski definition) is 2. The molecule has 0 heterocycles. The molecular weight excluding hydrogens is 323 g/mol. The molecule has 0 unspecified atom stereocenters. The zero-order valence-electron chi connectivity index (χ0n) is 11.6. The Morgan fingerprint density at radius 2 is 1.85 bits per heavy atom. The van der Waals surface area contributed by atoms with Crippen molar-refractivity contribution in [3.8, 4) is 11.5 Å². The lowest BCUT2D eigenvalue weighted by molar-refractivity contribution is 0.195. The molecule has 4 heteroatoms. The molecule has 0 aliphatic carbocycles. The van der Waals surface area contributed by atoms with E-state index in [2.05, 4.69) is 15.9 Å². The molecule has 0 fully saturated rings. The number of benzene rings is 2. The van der Waals surface area contributed by atoms with Crippen LogP contribution in [0.25, 0.3) is 0 Å². The average Bonchev–Trinajstić information content (AvgIpc) is 2.36. The summed E-state index contributed by atoms with van der Waals surface area (Å²) in [6.07, 6.45) is -0.802. The van der Waals surface area contributed by atoms with Gasteiger partial charge < -0.3 is 9.84 Å². The van der Waals surface area contributed by atoms with Gasteiger partial charge in [0.15, 0.2) is 0 Å². The molecule has 2 nitrogen and oxygen atoms in total. The molecule has 0 spiro atoms. The van der Waals surface area contributed by atoms with E-state index < -0.39 is 6.10 Å². The number of ether oxygens (including phenoxy) is 1. The number of hydrogen-bond donors (Lipinski definition) is 1. The highest BCUT2D eigenvalue weighted by atomic mass is 79.9. The highest BCUT2D eigenvalue weighted by Gasteiger charge is 2.14. The van der Waals surface area contributed by atoms with Gasteiger partial charge in [-0.2, -0.15) is 0 Å². The molecule has 0 saturated carbocycles. The summed E-state index contributed by atoms with van der Waals surface area (Å²) in [5.41, 5.74) is 2.02. The van der Waals surface area contributed by atoms with Crippen molar-refractivity contribution in [2.24, 2.45) is 0 Å². The fraction of sp³-hybridized carbons (Fsp3) is 0.250. The van der Waals surface area contributed by atoms with Gasteiger partial charge in [0.25, 0.3) is 0 Å². The van der Waals surface area contributed by atoms with Gasteiger partial charge in [-0.25, -0.2) is 4.39 Å². The number of rotatable bonds is 3. The van der Waals surface area contributed by atoms with E-state index >= 15 is 0 Å². The molecule has 0 saturated heterocycles. The molecule has 0 aliphatic rings. The first-order valence-electron chi connectivity index (χ1n) is 6.30. The van der Waals surface area contributed by atoms with Gasteiger partial charge in [0.2, 0.25) is 0 Å². The van der Waals surface area contributed by atoms with Crippen LogP contribution < -0.4 is 4.74 Å². The van der Waals surface area contributed by atoms with Crippen LogP contribution >= 0.6 is 15.9 Å². The second-order valence-corrected chi connectivity index (χ2v) is 5.71. The first kappa shape index (κ1) is 15.0. The maximum atomic E-state index is 13.6. The predicted octanol–water partition coefficient (Wildman–Crippen LogP) is 5.05. The van der Waals surface area contributed by atoms with Crippen LogP contribution in [-0.2, 0) is 0 Å². The SMILES string of the molecule is Cc1ccc(Oc2cc(C)c(F)cc2[C@@H](C)O)c(Br)c1. The van der Waals surface area contributed by atoms with Crippen LogP contribution in [0.2, 0.25) is 0 Å². The molecule has 106 valence electrons. The Labute approximate surface area is 126 Å². The van der Waals surface area contributed by atoms with Gasteiger partial charge in [-0.05, 0) is 72.1 Å². The van der Waals surface area contributed by atoms with Crippen molar-refractivity contribution in [3.05, 3.63) is 57.3 Å². The molecule has 0 aliphatic heterocycles. The second-order valence-electron chi connectivity index (χ2n) is 4.85. The number of aliphatic hydroxyl groups excluding tert-OH is 1. The summed E-state index contributed by atoms with van der Waals surface area (Å²) in [7, 11) is 0. The second kappa shape index (κ2) is 5.94. The lowest BCUT2D eigenvalue weighted by Crippen LogP contribution is -1.99. The van der Waals surface area contributed by atoms with Gasteiger partial charge in [0.1, 0.15) is 17.3 Å². The van der Waals surface area contributed by atoms with Crippen LogP contribution in [0.15, 0.2) is 34.8 Å². The van der Waals surface area contributed by atoms with Crippen LogP contribution in [0, 0.1) is 19.7 Å². The van der Waals surface area contributed by atoms with Crippen molar-refractivity contribution < 1.29 is 14.2 Å². The molecule has 0 aromatic heterocycles. The summed E-state index contributed by atoms with van der Waals surface area (Å²) in [5, 5.41) is 9.75. The van der Waals surface area contributed by atoms with Gasteiger partial charge in [-0.1, -0.05) is 6.07 Å². The first-order valence-corrected chi connectivity index (χ1v) is 7.10. The summed E-state index contributed by atoms with van der Waals surface area (Å²) in [4.78, 5) is 0. The van der Waals surface area contributed by atoms with Crippen LogP contribution in [0.1, 0.15) is 29.7 Å². The van der Waals surface area contributed by atoms with Crippen LogP contribution in [0.5, 0.6) is 11.5 Å². The average molecular weight is 339 g/mol. The maximum Gasteiger partial charge on any atom is 0.141 e. The van der Waals surface area contributed by atoms with Crippen molar-refractivity contribution in [1.82, 2.24) is 0 Å². The van der Waals surface area contributed by atoms with E-state index in [0.717, 1.165) is 10.0 Å². The third-order valence-corrected chi connectivity index (χ3v) is 3.67. The van der Waals surface area contributed by atoms with Gasteiger partial charge >= 0.3 is 0 Å². The van der Waals surface area contributed by atoms with Gasteiger partial charge in [0.05, 0.1) is 10.6 Å². The summed E-state index contributed by atoms with van der Waals surface area (Å²) >= 11 is 3.44. The predicted molar refractivity (Wildman–Crippen MR) is 80.7 cm³/mol. The molecule has 0 radical (unpaired) electrons. The molecule has 1 N–H and O–H groups in total. The third kappa shape index (κ3) is 3.19. The van der Waals surface area contributed by atoms with E-state index in [1.807, 2.05) is 25.1 Å². The molecule has 20 heavy (non-hydrogen) atoms. The summed E-state index contributed by atoms with van der Waals surface area (Å²) in [6.45, 7) is 5.23. The topological polar surface area (TPSA) is 29.5 Å². The molecule has 2 rings (SSSR count). The van der Waals surface area contributed by atoms with Gasteiger partial charge in [-0.3, -0.25) is 0 Å². The van der Waals surface area contributed by atoms with Crippen molar-refractivity contribution in [1.29, 1.82) is 0 Å². The summed E-state index contributed by atoms with van der Waals surface area (Å²) < 4.78 is 20.2. The third-order valence-electron chi connectivity index (χ3n) is 3.05. The van der Waals surface area contributed by atoms with E-state index in [0.29, 0.717) is 22.6 Å². The number of aliphatic hydroxyl groups is 1. The Morgan fingerprint density at radius 1 is 1.15 bits per heavy atom. The summed E-state index contributed by atoms with van der Waals surface area (Å²) in [6, 6.07) is 8.62. The number of halogens is 2. The van der Waals surface area contributed by atoms with E-state index in [9.17, 15) is 9.50 Å². The highest BCUT2D eigenvalue weighted by molar-refractivity contribution is 9.10. The van der Waals surface area contributed by atoms with E-state index in [1.54, 1.807) is 19.9 Å². The zero-order chi connectivity index (χ0) is 14.9. The van der Waals surface area contributed by atoms with E-state index in [-0.39, 0.29) is 5.82 Å². The molecule has 2 aromatic rings. The molecule has 0 amide bonds. The van der Waals surface area contributed by atoms with Gasteiger partial charge in [0, 0.05) is 5.56 Å². The molecular formula is C16H16BrFO2. The molecule has 2 aromatic carbocycles. The maximum absolute atomic E-state index is 13.6. The lowest BCUT2D eigenvalue weighted by atomic mass is 10.1. The minimum absolute atomic E-state index is 0.351. The van der Waals surface area contributed by atoms with E-state index in [1.165, 1.54) is 6.07 Å². The molecule has 1 atom stereocenters. The Morgan fingerprint density at radius 3 is 2.45 bits per heavy atom. The standard InChI is InChI=1S/C16H16BrFO2/c1-9-4-5-15(13(17)6-9)20-16-7-10(2)14(18)8-12(16)11(3)19/h4-8,11,19H,1-3H3/t11-/m1/s1. The van der Waals surface area contributed by atoms with Crippen molar-refractivity contribution in [2.45, 2.75) is 26.9 Å².